The molecular formula is C14H17BrN2S. The molecular weight excluding hydrogens is 308 g/mol. The lowest BCUT2D eigenvalue weighted by atomic mass is 10.1. The Morgan fingerprint density at radius 1 is 1.39 bits per heavy atom. The normalized spacial score (nSPS) is 12.6. The van der Waals surface area contributed by atoms with Crippen LogP contribution in [0.5, 0.6) is 0 Å². The predicted molar refractivity (Wildman–Crippen MR) is 81.0 cm³/mol. The van der Waals surface area contributed by atoms with E-state index in [9.17, 15) is 0 Å². The molecule has 1 unspecified atom stereocenters. The van der Waals surface area contributed by atoms with E-state index in [0.29, 0.717) is 6.04 Å². The number of thiophene rings is 1. The largest absolute Gasteiger partial charge is 0.309 e. The van der Waals surface area contributed by atoms with E-state index in [1.165, 1.54) is 4.88 Å². The van der Waals surface area contributed by atoms with Gasteiger partial charge in [0.15, 0.2) is 0 Å². The topological polar surface area (TPSA) is 24.9 Å². The molecule has 0 aliphatic heterocycles. The van der Waals surface area contributed by atoms with Crippen LogP contribution in [0.2, 0.25) is 0 Å². The molecule has 1 N–H and O–H groups in total. The molecule has 96 valence electrons. The Hall–Kier alpha value is -0.710. The summed E-state index contributed by atoms with van der Waals surface area (Å²) in [6.45, 7) is 3.23. The average molecular weight is 325 g/mol. The van der Waals surface area contributed by atoms with Gasteiger partial charge < -0.3 is 5.32 Å². The zero-order chi connectivity index (χ0) is 12.8. The van der Waals surface area contributed by atoms with Crippen LogP contribution in [0.25, 0.3) is 0 Å². The molecule has 0 aliphatic rings. The third kappa shape index (κ3) is 3.90. The summed E-state index contributed by atoms with van der Waals surface area (Å²) in [5.74, 6) is 0. The fraction of sp³-hybridized carbons (Fsp3) is 0.357. The van der Waals surface area contributed by atoms with Crippen molar-refractivity contribution in [1.29, 1.82) is 0 Å². The molecule has 0 saturated carbocycles. The van der Waals surface area contributed by atoms with E-state index in [1.54, 1.807) is 11.3 Å². The molecule has 1 atom stereocenters. The zero-order valence-electron chi connectivity index (χ0n) is 10.4. The van der Waals surface area contributed by atoms with E-state index in [2.05, 4.69) is 56.7 Å². The van der Waals surface area contributed by atoms with Crippen LogP contribution in [0, 0.1) is 0 Å². The monoisotopic (exact) mass is 324 g/mol. The molecule has 2 aromatic rings. The van der Waals surface area contributed by atoms with Crippen molar-refractivity contribution in [3.63, 3.8) is 0 Å². The van der Waals surface area contributed by atoms with Crippen molar-refractivity contribution < 1.29 is 0 Å². The van der Waals surface area contributed by atoms with E-state index in [4.69, 9.17) is 0 Å². The zero-order valence-corrected chi connectivity index (χ0v) is 12.8. The first-order valence-electron chi connectivity index (χ1n) is 6.17. The lowest BCUT2D eigenvalue weighted by molar-refractivity contribution is 0.531. The second kappa shape index (κ2) is 7.02. The van der Waals surface area contributed by atoms with Crippen molar-refractivity contribution in [2.45, 2.75) is 25.8 Å². The van der Waals surface area contributed by atoms with Crippen LogP contribution in [0.1, 0.15) is 30.0 Å². The number of hydrogen-bond donors (Lipinski definition) is 1. The third-order valence-corrected chi connectivity index (χ3v) is 4.18. The number of hydrogen-bond acceptors (Lipinski definition) is 3. The van der Waals surface area contributed by atoms with Gasteiger partial charge in [-0.25, -0.2) is 0 Å². The van der Waals surface area contributed by atoms with Crippen LogP contribution < -0.4 is 5.32 Å². The first-order chi connectivity index (χ1) is 8.79. The summed E-state index contributed by atoms with van der Waals surface area (Å²) in [6.07, 6.45) is 3.95. The Morgan fingerprint density at radius 3 is 2.89 bits per heavy atom. The molecule has 0 spiro atoms. The first kappa shape index (κ1) is 13.7. The SMILES string of the molecule is CCCNC(Cc1ccc(Br)cn1)c1cccs1. The fourth-order valence-corrected chi connectivity index (χ4v) is 2.85. The van der Waals surface area contributed by atoms with E-state index >= 15 is 0 Å². The van der Waals surface area contributed by atoms with Crippen molar-refractivity contribution in [2.75, 3.05) is 6.54 Å². The summed E-state index contributed by atoms with van der Waals surface area (Å²) in [6, 6.07) is 8.80. The Morgan fingerprint density at radius 2 is 2.28 bits per heavy atom. The highest BCUT2D eigenvalue weighted by Gasteiger charge is 2.13. The maximum absolute atomic E-state index is 4.45. The second-order valence-electron chi connectivity index (χ2n) is 4.19. The molecule has 2 nitrogen and oxygen atoms in total. The molecule has 18 heavy (non-hydrogen) atoms. The molecule has 2 aromatic heterocycles. The Balaban J connectivity index is 2.07. The van der Waals surface area contributed by atoms with Gasteiger partial charge in [0.25, 0.3) is 0 Å². The van der Waals surface area contributed by atoms with Crippen LogP contribution in [0.3, 0.4) is 0 Å². The van der Waals surface area contributed by atoms with Gasteiger partial charge in [0.1, 0.15) is 0 Å². The number of aromatic nitrogens is 1. The fourth-order valence-electron chi connectivity index (χ4n) is 1.82. The maximum Gasteiger partial charge on any atom is 0.0470 e. The average Bonchev–Trinajstić information content (AvgIpc) is 2.90. The van der Waals surface area contributed by atoms with Gasteiger partial charge in [0, 0.05) is 33.7 Å². The van der Waals surface area contributed by atoms with Gasteiger partial charge in [-0.1, -0.05) is 13.0 Å². The molecule has 2 heterocycles. The summed E-state index contributed by atoms with van der Waals surface area (Å²) in [5.41, 5.74) is 1.13. The molecule has 0 amide bonds. The van der Waals surface area contributed by atoms with Gasteiger partial charge >= 0.3 is 0 Å². The summed E-state index contributed by atoms with van der Waals surface area (Å²) >= 11 is 5.22. The molecule has 0 bridgehead atoms. The van der Waals surface area contributed by atoms with Gasteiger partial charge in [-0.2, -0.15) is 0 Å². The summed E-state index contributed by atoms with van der Waals surface area (Å²) in [5, 5.41) is 5.72. The molecule has 4 heteroatoms. The van der Waals surface area contributed by atoms with E-state index < -0.39 is 0 Å². The summed E-state index contributed by atoms with van der Waals surface area (Å²) < 4.78 is 1.03. The second-order valence-corrected chi connectivity index (χ2v) is 6.09. The Bertz CT molecular complexity index is 453. The van der Waals surface area contributed by atoms with Crippen molar-refractivity contribution in [2.24, 2.45) is 0 Å². The quantitative estimate of drug-likeness (QED) is 0.861. The van der Waals surface area contributed by atoms with Crippen LogP contribution in [0.4, 0.5) is 0 Å². The highest BCUT2D eigenvalue weighted by molar-refractivity contribution is 9.10. The molecule has 2 rings (SSSR count). The van der Waals surface area contributed by atoms with Gasteiger partial charge in [0.05, 0.1) is 0 Å². The van der Waals surface area contributed by atoms with Gasteiger partial charge in [-0.15, -0.1) is 11.3 Å². The minimum atomic E-state index is 0.374. The first-order valence-corrected chi connectivity index (χ1v) is 7.84. The van der Waals surface area contributed by atoms with Crippen LogP contribution >= 0.6 is 27.3 Å². The van der Waals surface area contributed by atoms with Crippen molar-refractivity contribution >= 4 is 27.3 Å². The minimum absolute atomic E-state index is 0.374. The van der Waals surface area contributed by atoms with E-state index in [0.717, 1.165) is 29.6 Å². The molecule has 0 aliphatic carbocycles. The molecule has 0 aromatic carbocycles. The standard InChI is InChI=1S/C14H17BrN2S/c1-2-7-16-13(14-4-3-8-18-14)9-12-6-5-11(15)10-17-12/h3-6,8,10,13,16H,2,7,9H2,1H3. The highest BCUT2D eigenvalue weighted by Crippen LogP contribution is 2.22. The summed E-state index contributed by atoms with van der Waals surface area (Å²) in [4.78, 5) is 5.84. The highest BCUT2D eigenvalue weighted by atomic mass is 79.9. The number of halogens is 1. The smallest absolute Gasteiger partial charge is 0.0470 e. The number of rotatable bonds is 6. The van der Waals surface area contributed by atoms with Crippen molar-refractivity contribution in [3.05, 3.63) is 50.9 Å². The van der Waals surface area contributed by atoms with Gasteiger partial charge in [-0.3, -0.25) is 4.98 Å². The van der Waals surface area contributed by atoms with E-state index in [-0.39, 0.29) is 0 Å². The van der Waals surface area contributed by atoms with Crippen molar-refractivity contribution in [3.8, 4) is 0 Å². The van der Waals surface area contributed by atoms with Crippen LogP contribution in [-0.2, 0) is 6.42 Å². The third-order valence-electron chi connectivity index (χ3n) is 2.73. The Labute approximate surface area is 121 Å². The van der Waals surface area contributed by atoms with Gasteiger partial charge in [-0.05, 0) is 52.5 Å². The number of pyridine rings is 1. The van der Waals surface area contributed by atoms with Crippen LogP contribution in [-0.4, -0.2) is 11.5 Å². The molecule has 0 saturated heterocycles. The number of nitrogens with zero attached hydrogens (tertiary/aromatic N) is 1. The van der Waals surface area contributed by atoms with E-state index in [1.807, 2.05) is 12.3 Å². The summed E-state index contributed by atoms with van der Waals surface area (Å²) in [7, 11) is 0. The van der Waals surface area contributed by atoms with Crippen molar-refractivity contribution in [1.82, 2.24) is 10.3 Å². The Kier molecular flexibility index (Phi) is 5.35. The van der Waals surface area contributed by atoms with Crippen LogP contribution in [0.15, 0.2) is 40.3 Å². The predicted octanol–water partition coefficient (Wildman–Crippen LogP) is 4.19. The maximum atomic E-state index is 4.45. The lowest BCUT2D eigenvalue weighted by Gasteiger charge is -2.16. The van der Waals surface area contributed by atoms with Gasteiger partial charge in [0.2, 0.25) is 0 Å². The number of nitrogens with one attached hydrogen (secondary N) is 1. The minimum Gasteiger partial charge on any atom is -0.309 e. The lowest BCUT2D eigenvalue weighted by Crippen LogP contribution is -2.23. The molecule has 0 fully saturated rings. The molecule has 0 radical (unpaired) electrons.